The van der Waals surface area contributed by atoms with Crippen molar-refractivity contribution in [2.75, 3.05) is 23.7 Å². The number of carbonyl (C=O) groups is 1. The molecule has 5 nitrogen and oxygen atoms in total. The van der Waals surface area contributed by atoms with Gasteiger partial charge in [-0.1, -0.05) is 53.5 Å². The lowest BCUT2D eigenvalue weighted by Gasteiger charge is -2.20. The maximum absolute atomic E-state index is 13.0. The predicted octanol–water partition coefficient (Wildman–Crippen LogP) is 7.90. The molecule has 0 aliphatic rings. The molecule has 4 aromatic rings. The van der Waals surface area contributed by atoms with Gasteiger partial charge in [-0.05, 0) is 48.4 Å². The van der Waals surface area contributed by atoms with Crippen molar-refractivity contribution in [3.63, 3.8) is 0 Å². The minimum Gasteiger partial charge on any atom is -0.383 e. The number of alkyl halides is 3. The van der Waals surface area contributed by atoms with Gasteiger partial charge >= 0.3 is 12.2 Å². The van der Waals surface area contributed by atoms with E-state index in [0.717, 1.165) is 34.3 Å². The summed E-state index contributed by atoms with van der Waals surface area (Å²) in [4.78, 5) is 15.7. The monoisotopic (exact) mass is 534 g/mol. The first-order valence-corrected chi connectivity index (χ1v) is 11.9. The molecule has 0 aliphatic heterocycles. The lowest BCUT2D eigenvalue weighted by atomic mass is 9.95. The fraction of sp³-hybridized carbons (Fsp3) is 0.192. The third kappa shape index (κ3) is 6.44. The lowest BCUT2D eigenvalue weighted by molar-refractivity contribution is -0.137. The molecule has 1 unspecified atom stereocenters. The van der Waals surface area contributed by atoms with Crippen LogP contribution in [-0.4, -0.2) is 24.1 Å². The van der Waals surface area contributed by atoms with Gasteiger partial charge < -0.3 is 20.9 Å². The number of halogens is 5. The first kappa shape index (κ1) is 25.7. The standard InChI is InChI=1S/C26H23Cl2F3N4O/c27-21-9-8-16(12-22(21)28)17(10-11-32-24-15-33-23-7-2-1-6-20(23)24)14-34-25(36)35-19-5-3-4-18(13-19)26(29,30)31/h1-9,12-13,15,17,32-33H,10-11,14H2,(H2,34,35,36). The van der Waals surface area contributed by atoms with Gasteiger partial charge in [0.15, 0.2) is 0 Å². The van der Waals surface area contributed by atoms with E-state index >= 15 is 0 Å². The maximum Gasteiger partial charge on any atom is 0.416 e. The topological polar surface area (TPSA) is 69.0 Å². The Labute approximate surface area is 216 Å². The van der Waals surface area contributed by atoms with E-state index in [1.165, 1.54) is 12.1 Å². The molecular formula is C26H23Cl2F3N4O. The van der Waals surface area contributed by atoms with Gasteiger partial charge in [-0.15, -0.1) is 0 Å². The van der Waals surface area contributed by atoms with Crippen LogP contribution in [0.2, 0.25) is 10.0 Å². The summed E-state index contributed by atoms with van der Waals surface area (Å²) in [5.41, 5.74) is 2.08. The van der Waals surface area contributed by atoms with E-state index < -0.39 is 17.8 Å². The molecule has 0 bridgehead atoms. The van der Waals surface area contributed by atoms with Crippen molar-refractivity contribution in [1.29, 1.82) is 0 Å². The SMILES string of the molecule is O=C(NCC(CCNc1c[nH]c2ccccc12)c1ccc(Cl)c(Cl)c1)Nc1cccc(C(F)(F)F)c1. The highest BCUT2D eigenvalue weighted by molar-refractivity contribution is 6.42. The summed E-state index contributed by atoms with van der Waals surface area (Å²) in [6, 6.07) is 17.1. The minimum atomic E-state index is -4.50. The normalized spacial score (nSPS) is 12.4. The number of para-hydroxylation sites is 1. The number of carbonyl (C=O) groups excluding carboxylic acids is 1. The van der Waals surface area contributed by atoms with E-state index in [1.54, 1.807) is 12.1 Å². The molecular weight excluding hydrogens is 512 g/mol. The van der Waals surface area contributed by atoms with Crippen LogP contribution in [-0.2, 0) is 6.18 Å². The van der Waals surface area contributed by atoms with Crippen molar-refractivity contribution in [2.45, 2.75) is 18.5 Å². The zero-order chi connectivity index (χ0) is 25.7. The molecule has 2 amide bonds. The van der Waals surface area contributed by atoms with Crippen LogP contribution in [0, 0.1) is 0 Å². The van der Waals surface area contributed by atoms with Crippen molar-refractivity contribution in [2.24, 2.45) is 0 Å². The van der Waals surface area contributed by atoms with E-state index in [1.807, 2.05) is 36.5 Å². The third-order valence-corrected chi connectivity index (χ3v) is 6.51. The molecule has 0 fully saturated rings. The zero-order valence-corrected chi connectivity index (χ0v) is 20.4. The van der Waals surface area contributed by atoms with Crippen LogP contribution in [0.1, 0.15) is 23.5 Å². The van der Waals surface area contributed by atoms with Gasteiger partial charge in [0.2, 0.25) is 0 Å². The van der Waals surface area contributed by atoms with Crippen molar-refractivity contribution in [3.8, 4) is 0 Å². The van der Waals surface area contributed by atoms with Crippen LogP contribution in [0.25, 0.3) is 10.9 Å². The fourth-order valence-corrected chi connectivity index (χ4v) is 4.22. The Bertz CT molecular complexity index is 1360. The van der Waals surface area contributed by atoms with E-state index in [9.17, 15) is 18.0 Å². The number of aromatic nitrogens is 1. The van der Waals surface area contributed by atoms with Crippen LogP contribution in [0.5, 0.6) is 0 Å². The smallest absolute Gasteiger partial charge is 0.383 e. The molecule has 0 saturated carbocycles. The Morgan fingerprint density at radius 2 is 1.78 bits per heavy atom. The predicted molar refractivity (Wildman–Crippen MR) is 139 cm³/mol. The lowest BCUT2D eigenvalue weighted by Crippen LogP contribution is -2.33. The van der Waals surface area contributed by atoms with Crippen LogP contribution >= 0.6 is 23.2 Å². The fourth-order valence-electron chi connectivity index (χ4n) is 3.92. The van der Waals surface area contributed by atoms with Gasteiger partial charge in [-0.25, -0.2) is 4.79 Å². The summed E-state index contributed by atoms with van der Waals surface area (Å²) in [7, 11) is 0. The van der Waals surface area contributed by atoms with Gasteiger partial charge in [0.05, 0.1) is 21.3 Å². The number of aromatic amines is 1. The quantitative estimate of drug-likeness (QED) is 0.185. The molecule has 36 heavy (non-hydrogen) atoms. The van der Waals surface area contributed by atoms with Crippen LogP contribution in [0.15, 0.2) is 72.9 Å². The highest BCUT2D eigenvalue weighted by Gasteiger charge is 2.30. The molecule has 4 rings (SSSR count). The first-order chi connectivity index (χ1) is 17.2. The second kappa shape index (κ2) is 11.1. The van der Waals surface area contributed by atoms with Crippen LogP contribution in [0.4, 0.5) is 29.3 Å². The molecule has 0 aliphatic carbocycles. The number of amides is 2. The van der Waals surface area contributed by atoms with Crippen LogP contribution in [0.3, 0.4) is 0 Å². The Balaban J connectivity index is 1.41. The van der Waals surface area contributed by atoms with E-state index in [2.05, 4.69) is 20.9 Å². The number of rotatable bonds is 8. The molecule has 0 radical (unpaired) electrons. The van der Waals surface area contributed by atoms with Crippen molar-refractivity contribution >= 4 is 51.5 Å². The Hall–Kier alpha value is -3.36. The maximum atomic E-state index is 13.0. The molecule has 4 N–H and O–H groups in total. The number of fused-ring (bicyclic) bond motifs is 1. The molecule has 1 heterocycles. The van der Waals surface area contributed by atoms with Crippen molar-refractivity contribution in [3.05, 3.63) is 94.1 Å². The molecule has 0 spiro atoms. The highest BCUT2D eigenvalue weighted by atomic mass is 35.5. The summed E-state index contributed by atoms with van der Waals surface area (Å²) in [6.07, 6.45) is -1.95. The molecule has 1 aromatic heterocycles. The van der Waals surface area contributed by atoms with Crippen molar-refractivity contribution in [1.82, 2.24) is 10.3 Å². The average Bonchev–Trinajstić information content (AvgIpc) is 3.26. The van der Waals surface area contributed by atoms with Gasteiger partial charge in [-0.2, -0.15) is 13.2 Å². The highest BCUT2D eigenvalue weighted by Crippen LogP contribution is 2.31. The van der Waals surface area contributed by atoms with E-state index in [-0.39, 0.29) is 18.2 Å². The molecule has 3 aromatic carbocycles. The summed E-state index contributed by atoms with van der Waals surface area (Å²) < 4.78 is 38.9. The number of H-pyrrole nitrogens is 1. The molecule has 10 heteroatoms. The van der Waals surface area contributed by atoms with Gasteiger partial charge in [0.25, 0.3) is 0 Å². The molecule has 0 saturated heterocycles. The number of nitrogens with one attached hydrogen (secondary N) is 4. The van der Waals surface area contributed by atoms with Crippen molar-refractivity contribution < 1.29 is 18.0 Å². The minimum absolute atomic E-state index is 0.0504. The van der Waals surface area contributed by atoms with Gasteiger partial charge in [0.1, 0.15) is 0 Å². The molecule has 1 atom stereocenters. The van der Waals surface area contributed by atoms with Gasteiger partial charge in [-0.3, -0.25) is 0 Å². The Morgan fingerprint density at radius 3 is 2.56 bits per heavy atom. The zero-order valence-electron chi connectivity index (χ0n) is 18.9. The number of anilines is 2. The summed E-state index contributed by atoms with van der Waals surface area (Å²) in [5, 5.41) is 10.5. The number of urea groups is 1. The second-order valence-corrected chi connectivity index (χ2v) is 9.06. The molecule has 188 valence electrons. The third-order valence-electron chi connectivity index (χ3n) is 5.77. The van der Waals surface area contributed by atoms with E-state index in [0.29, 0.717) is 23.0 Å². The Kier molecular flexibility index (Phi) is 7.96. The average molecular weight is 535 g/mol. The number of hydrogen-bond donors (Lipinski definition) is 4. The van der Waals surface area contributed by atoms with Gasteiger partial charge in [0, 0.05) is 41.8 Å². The van der Waals surface area contributed by atoms with Crippen LogP contribution < -0.4 is 16.0 Å². The summed E-state index contributed by atoms with van der Waals surface area (Å²) >= 11 is 12.3. The summed E-state index contributed by atoms with van der Waals surface area (Å²) in [5.74, 6) is -0.135. The number of benzene rings is 3. The Morgan fingerprint density at radius 1 is 0.972 bits per heavy atom. The largest absolute Gasteiger partial charge is 0.416 e. The number of hydrogen-bond acceptors (Lipinski definition) is 2. The van der Waals surface area contributed by atoms with E-state index in [4.69, 9.17) is 23.2 Å². The second-order valence-electron chi connectivity index (χ2n) is 8.25. The first-order valence-electron chi connectivity index (χ1n) is 11.2. The summed E-state index contributed by atoms with van der Waals surface area (Å²) in [6.45, 7) is 0.835.